The molecule has 4 nitrogen and oxygen atoms in total. The zero-order valence-corrected chi connectivity index (χ0v) is 18.9. The molecule has 2 amide bonds. The predicted octanol–water partition coefficient (Wildman–Crippen LogP) is 5.22. The van der Waals surface area contributed by atoms with Crippen molar-refractivity contribution in [3.8, 4) is 0 Å². The number of carbonyl (C=O) groups excluding carboxylic acids is 2. The van der Waals surface area contributed by atoms with Crippen LogP contribution in [0.5, 0.6) is 0 Å². The quantitative estimate of drug-likeness (QED) is 0.435. The van der Waals surface area contributed by atoms with E-state index in [9.17, 15) is 9.59 Å². The molecule has 0 aliphatic heterocycles. The lowest BCUT2D eigenvalue weighted by atomic mass is 10.1. The van der Waals surface area contributed by atoms with Gasteiger partial charge in [0, 0.05) is 23.5 Å². The molecular formula is C26H28N2O2S. The maximum atomic E-state index is 13.4. The summed E-state index contributed by atoms with van der Waals surface area (Å²) in [6.45, 7) is 9.12. The largest absolute Gasteiger partial charge is 0.332 e. The fraction of sp³-hybridized carbons (Fsp3) is 0.231. The molecule has 2 aromatic carbocycles. The smallest absolute Gasteiger partial charge is 0.254 e. The fourth-order valence-corrected chi connectivity index (χ4v) is 4.30. The first-order valence-electron chi connectivity index (χ1n) is 10.3. The summed E-state index contributed by atoms with van der Waals surface area (Å²) in [7, 11) is 0. The number of hydrogen-bond acceptors (Lipinski definition) is 3. The molecule has 5 heteroatoms. The van der Waals surface area contributed by atoms with Gasteiger partial charge in [-0.25, -0.2) is 0 Å². The first-order valence-corrected chi connectivity index (χ1v) is 11.2. The van der Waals surface area contributed by atoms with Gasteiger partial charge in [0.25, 0.3) is 5.91 Å². The van der Waals surface area contributed by atoms with E-state index in [0.29, 0.717) is 25.2 Å². The molecule has 0 N–H and O–H groups in total. The van der Waals surface area contributed by atoms with Gasteiger partial charge in [0.05, 0.1) is 6.54 Å². The van der Waals surface area contributed by atoms with E-state index in [-0.39, 0.29) is 18.4 Å². The Morgan fingerprint density at radius 1 is 0.968 bits per heavy atom. The Labute approximate surface area is 188 Å². The minimum absolute atomic E-state index is 0.00997. The van der Waals surface area contributed by atoms with Crippen molar-refractivity contribution in [3.63, 3.8) is 0 Å². The van der Waals surface area contributed by atoms with Crippen molar-refractivity contribution in [2.45, 2.75) is 26.9 Å². The van der Waals surface area contributed by atoms with Crippen LogP contribution in [0.1, 0.15) is 31.9 Å². The highest BCUT2D eigenvalue weighted by molar-refractivity contribution is 7.10. The van der Waals surface area contributed by atoms with Gasteiger partial charge in [-0.15, -0.1) is 17.9 Å². The molecule has 0 spiro atoms. The molecule has 0 atom stereocenters. The van der Waals surface area contributed by atoms with Crippen LogP contribution in [0.4, 0.5) is 0 Å². The Bertz CT molecular complexity index is 1040. The van der Waals surface area contributed by atoms with Gasteiger partial charge >= 0.3 is 0 Å². The number of rotatable bonds is 9. The highest BCUT2D eigenvalue weighted by Gasteiger charge is 2.23. The highest BCUT2D eigenvalue weighted by Crippen LogP contribution is 2.20. The minimum Gasteiger partial charge on any atom is -0.332 e. The SMILES string of the molecule is C=CCN(CC(=O)N(Cc1ccccc1)Cc1sccc1C)C(=O)c1cccc(C)c1. The zero-order valence-electron chi connectivity index (χ0n) is 18.1. The maximum Gasteiger partial charge on any atom is 0.254 e. The van der Waals surface area contributed by atoms with Crippen LogP contribution in [-0.2, 0) is 17.9 Å². The van der Waals surface area contributed by atoms with Crippen molar-refractivity contribution in [3.05, 3.63) is 106 Å². The number of hydrogen-bond donors (Lipinski definition) is 0. The molecule has 0 aliphatic rings. The van der Waals surface area contributed by atoms with E-state index in [1.165, 1.54) is 5.56 Å². The number of carbonyl (C=O) groups is 2. The first kappa shape index (κ1) is 22.5. The van der Waals surface area contributed by atoms with Crippen molar-refractivity contribution in [1.29, 1.82) is 0 Å². The molecule has 3 aromatic rings. The Kier molecular flexibility index (Phi) is 7.79. The van der Waals surface area contributed by atoms with Gasteiger partial charge in [-0.2, -0.15) is 0 Å². The topological polar surface area (TPSA) is 40.6 Å². The maximum absolute atomic E-state index is 13.4. The van der Waals surface area contributed by atoms with Crippen LogP contribution in [0.15, 0.2) is 78.7 Å². The number of nitrogens with zero attached hydrogens (tertiary/aromatic N) is 2. The van der Waals surface area contributed by atoms with Gasteiger partial charge in [0.2, 0.25) is 5.91 Å². The minimum atomic E-state index is -0.163. The molecule has 160 valence electrons. The normalized spacial score (nSPS) is 10.5. The molecule has 1 aromatic heterocycles. The van der Waals surface area contributed by atoms with E-state index in [0.717, 1.165) is 16.0 Å². The predicted molar refractivity (Wildman–Crippen MR) is 127 cm³/mol. The number of amides is 2. The number of aryl methyl sites for hydroxylation is 2. The van der Waals surface area contributed by atoms with Gasteiger partial charge in [0.15, 0.2) is 0 Å². The summed E-state index contributed by atoms with van der Waals surface area (Å²) < 4.78 is 0. The standard InChI is InChI=1S/C26H28N2O2S/c1-4-14-27(26(30)23-12-8-9-20(2)16-23)19-25(29)28(17-22-10-6-5-7-11-22)18-24-21(3)13-15-31-24/h4-13,15-16H,1,14,17-19H2,2-3H3. The summed E-state index contributed by atoms with van der Waals surface area (Å²) >= 11 is 1.65. The van der Waals surface area contributed by atoms with Crippen molar-refractivity contribution in [2.75, 3.05) is 13.1 Å². The number of thiophene rings is 1. The monoisotopic (exact) mass is 432 g/mol. The van der Waals surface area contributed by atoms with Crippen LogP contribution < -0.4 is 0 Å². The Balaban J connectivity index is 1.81. The Morgan fingerprint density at radius 2 is 1.74 bits per heavy atom. The van der Waals surface area contributed by atoms with Gasteiger partial charge < -0.3 is 9.80 Å². The van der Waals surface area contributed by atoms with Crippen LogP contribution in [0.2, 0.25) is 0 Å². The van der Waals surface area contributed by atoms with E-state index < -0.39 is 0 Å². The van der Waals surface area contributed by atoms with Crippen molar-refractivity contribution >= 4 is 23.2 Å². The molecule has 0 aliphatic carbocycles. The van der Waals surface area contributed by atoms with Crippen LogP contribution in [0.25, 0.3) is 0 Å². The van der Waals surface area contributed by atoms with E-state index in [2.05, 4.69) is 19.6 Å². The zero-order chi connectivity index (χ0) is 22.2. The van der Waals surface area contributed by atoms with Crippen molar-refractivity contribution < 1.29 is 9.59 Å². The van der Waals surface area contributed by atoms with Gasteiger partial charge in [-0.3, -0.25) is 9.59 Å². The van der Waals surface area contributed by atoms with Crippen molar-refractivity contribution in [2.24, 2.45) is 0 Å². The molecule has 0 unspecified atom stereocenters. The molecule has 0 saturated heterocycles. The molecular weight excluding hydrogens is 404 g/mol. The number of benzene rings is 2. The lowest BCUT2D eigenvalue weighted by Gasteiger charge is -2.27. The van der Waals surface area contributed by atoms with E-state index >= 15 is 0 Å². The summed E-state index contributed by atoms with van der Waals surface area (Å²) in [4.78, 5) is 31.0. The van der Waals surface area contributed by atoms with Gasteiger partial charge in [-0.05, 0) is 48.6 Å². The summed E-state index contributed by atoms with van der Waals surface area (Å²) in [6, 6.07) is 19.4. The second-order valence-corrected chi connectivity index (χ2v) is 8.61. The molecule has 0 bridgehead atoms. The second-order valence-electron chi connectivity index (χ2n) is 7.61. The van der Waals surface area contributed by atoms with Crippen LogP contribution in [-0.4, -0.2) is 34.7 Å². The summed E-state index contributed by atoms with van der Waals surface area (Å²) in [5.41, 5.74) is 3.83. The Hall–Kier alpha value is -3.18. The second kappa shape index (κ2) is 10.7. The van der Waals surface area contributed by atoms with E-state index in [1.807, 2.05) is 65.7 Å². The van der Waals surface area contributed by atoms with Crippen molar-refractivity contribution in [1.82, 2.24) is 9.80 Å². The molecule has 3 rings (SSSR count). The third-order valence-electron chi connectivity index (χ3n) is 5.10. The molecule has 0 fully saturated rings. The van der Waals surface area contributed by atoms with Crippen LogP contribution in [0.3, 0.4) is 0 Å². The summed E-state index contributed by atoms with van der Waals surface area (Å²) in [5, 5.41) is 2.04. The average molecular weight is 433 g/mol. The molecule has 1 heterocycles. The van der Waals surface area contributed by atoms with E-state index in [1.54, 1.807) is 28.4 Å². The third kappa shape index (κ3) is 6.15. The summed E-state index contributed by atoms with van der Waals surface area (Å²) in [5.74, 6) is -0.247. The lowest BCUT2D eigenvalue weighted by Crippen LogP contribution is -2.42. The van der Waals surface area contributed by atoms with Crippen LogP contribution in [0, 0.1) is 13.8 Å². The molecule has 0 radical (unpaired) electrons. The van der Waals surface area contributed by atoms with Gasteiger partial charge in [0.1, 0.15) is 6.54 Å². The van der Waals surface area contributed by atoms with Gasteiger partial charge in [-0.1, -0.05) is 54.1 Å². The average Bonchev–Trinajstić information content (AvgIpc) is 3.17. The Morgan fingerprint density at radius 3 is 2.39 bits per heavy atom. The van der Waals surface area contributed by atoms with E-state index in [4.69, 9.17) is 0 Å². The fourth-order valence-electron chi connectivity index (χ4n) is 3.37. The summed E-state index contributed by atoms with van der Waals surface area (Å²) in [6.07, 6.45) is 1.66. The first-order chi connectivity index (χ1) is 15.0. The molecule has 0 saturated carbocycles. The highest BCUT2D eigenvalue weighted by atomic mass is 32.1. The lowest BCUT2D eigenvalue weighted by molar-refractivity contribution is -0.133. The molecule has 31 heavy (non-hydrogen) atoms. The third-order valence-corrected chi connectivity index (χ3v) is 6.11. The van der Waals surface area contributed by atoms with Crippen LogP contribution >= 0.6 is 11.3 Å².